The van der Waals surface area contributed by atoms with Crippen molar-refractivity contribution in [1.82, 2.24) is 20.2 Å². The number of ether oxygens (including phenoxy) is 1. The maximum absolute atomic E-state index is 12.2. The molecule has 134 valence electrons. The first kappa shape index (κ1) is 17.6. The average molecular weight is 351 g/mol. The summed E-state index contributed by atoms with van der Waals surface area (Å²) in [4.78, 5) is 13.5. The van der Waals surface area contributed by atoms with Gasteiger partial charge in [0.25, 0.3) is 0 Å². The molecule has 1 heterocycles. The van der Waals surface area contributed by atoms with Gasteiger partial charge in [-0.15, -0.1) is 10.2 Å². The second-order valence-electron chi connectivity index (χ2n) is 6.03. The Morgan fingerprint density at radius 2 is 1.81 bits per heavy atom. The Balaban J connectivity index is 1.65. The number of nitrogens with zero attached hydrogens (tertiary/aromatic N) is 4. The third kappa shape index (κ3) is 4.44. The number of benzene rings is 2. The highest BCUT2D eigenvalue weighted by atomic mass is 16.5. The molecule has 0 aliphatic carbocycles. The smallest absolute Gasteiger partial charge is 0.248 e. The van der Waals surface area contributed by atoms with Crippen molar-refractivity contribution in [2.45, 2.75) is 27.3 Å². The minimum Gasteiger partial charge on any atom is -0.494 e. The Morgan fingerprint density at radius 1 is 1.12 bits per heavy atom. The summed E-state index contributed by atoms with van der Waals surface area (Å²) in [5, 5.41) is 15.1. The number of anilines is 1. The molecule has 26 heavy (non-hydrogen) atoms. The molecule has 0 aliphatic heterocycles. The predicted octanol–water partition coefficient (Wildman–Crippen LogP) is 2.99. The molecular formula is C19H21N5O2. The summed E-state index contributed by atoms with van der Waals surface area (Å²) in [6.45, 7) is 6.53. The Kier molecular flexibility index (Phi) is 5.26. The normalized spacial score (nSPS) is 10.6. The van der Waals surface area contributed by atoms with E-state index in [0.29, 0.717) is 12.4 Å². The highest BCUT2D eigenvalue weighted by molar-refractivity contribution is 5.90. The molecule has 7 heteroatoms. The molecule has 1 aromatic heterocycles. The van der Waals surface area contributed by atoms with Crippen LogP contribution < -0.4 is 10.1 Å². The zero-order chi connectivity index (χ0) is 18.5. The fourth-order valence-corrected chi connectivity index (χ4v) is 2.67. The van der Waals surface area contributed by atoms with Crippen molar-refractivity contribution in [1.29, 1.82) is 0 Å². The predicted molar refractivity (Wildman–Crippen MR) is 99.0 cm³/mol. The van der Waals surface area contributed by atoms with Gasteiger partial charge in [0.2, 0.25) is 11.7 Å². The first-order valence-electron chi connectivity index (χ1n) is 8.42. The fraction of sp³-hybridized carbons (Fsp3) is 0.263. The van der Waals surface area contributed by atoms with E-state index < -0.39 is 0 Å². The molecule has 1 N–H and O–H groups in total. The SMILES string of the molecule is CCOc1ccc(-c2nnn(CC(=O)Nc3cc(C)cc(C)c3)n2)cc1. The molecule has 3 rings (SSSR count). The summed E-state index contributed by atoms with van der Waals surface area (Å²) in [5.41, 5.74) is 3.77. The van der Waals surface area contributed by atoms with Gasteiger partial charge in [-0.1, -0.05) is 6.07 Å². The van der Waals surface area contributed by atoms with Crippen molar-refractivity contribution < 1.29 is 9.53 Å². The lowest BCUT2D eigenvalue weighted by Crippen LogP contribution is -2.20. The van der Waals surface area contributed by atoms with E-state index in [9.17, 15) is 4.79 Å². The van der Waals surface area contributed by atoms with Crippen molar-refractivity contribution >= 4 is 11.6 Å². The van der Waals surface area contributed by atoms with Gasteiger partial charge in [-0.2, -0.15) is 4.80 Å². The molecular weight excluding hydrogens is 330 g/mol. The minimum absolute atomic E-state index is 0.00296. The zero-order valence-corrected chi connectivity index (χ0v) is 15.1. The van der Waals surface area contributed by atoms with Gasteiger partial charge in [0.15, 0.2) is 0 Å². The van der Waals surface area contributed by atoms with Crippen molar-refractivity contribution in [2.75, 3.05) is 11.9 Å². The van der Waals surface area contributed by atoms with Crippen LogP contribution in [0.5, 0.6) is 5.75 Å². The zero-order valence-electron chi connectivity index (χ0n) is 15.1. The van der Waals surface area contributed by atoms with Crippen molar-refractivity contribution in [3.05, 3.63) is 53.6 Å². The van der Waals surface area contributed by atoms with Crippen LogP contribution in [0.1, 0.15) is 18.1 Å². The van der Waals surface area contributed by atoms with Crippen LogP contribution in [-0.4, -0.2) is 32.7 Å². The van der Waals surface area contributed by atoms with E-state index in [0.717, 1.165) is 28.1 Å². The summed E-state index contributed by atoms with van der Waals surface area (Å²) < 4.78 is 5.41. The molecule has 0 fully saturated rings. The molecule has 0 bridgehead atoms. The van der Waals surface area contributed by atoms with Gasteiger partial charge >= 0.3 is 0 Å². The largest absolute Gasteiger partial charge is 0.494 e. The van der Waals surface area contributed by atoms with Crippen LogP contribution in [-0.2, 0) is 11.3 Å². The van der Waals surface area contributed by atoms with Gasteiger partial charge in [-0.25, -0.2) is 0 Å². The van der Waals surface area contributed by atoms with E-state index in [1.807, 2.05) is 57.2 Å². The molecule has 2 aromatic carbocycles. The van der Waals surface area contributed by atoms with Crippen LogP contribution in [0.3, 0.4) is 0 Å². The van der Waals surface area contributed by atoms with E-state index in [1.54, 1.807) is 0 Å². The van der Waals surface area contributed by atoms with Crippen molar-refractivity contribution in [3.63, 3.8) is 0 Å². The Morgan fingerprint density at radius 3 is 2.46 bits per heavy atom. The fourth-order valence-electron chi connectivity index (χ4n) is 2.67. The second-order valence-corrected chi connectivity index (χ2v) is 6.03. The molecule has 7 nitrogen and oxygen atoms in total. The molecule has 0 atom stereocenters. The first-order valence-corrected chi connectivity index (χ1v) is 8.42. The first-order chi connectivity index (χ1) is 12.5. The summed E-state index contributed by atoms with van der Waals surface area (Å²) in [6.07, 6.45) is 0. The summed E-state index contributed by atoms with van der Waals surface area (Å²) in [6, 6.07) is 13.3. The van der Waals surface area contributed by atoms with Gasteiger partial charge in [0.1, 0.15) is 12.3 Å². The molecule has 0 saturated carbocycles. The molecule has 0 spiro atoms. The van der Waals surface area contributed by atoms with Crippen molar-refractivity contribution in [3.8, 4) is 17.1 Å². The third-order valence-corrected chi connectivity index (χ3v) is 3.67. The highest BCUT2D eigenvalue weighted by Crippen LogP contribution is 2.18. The number of tetrazole rings is 1. The molecule has 0 aliphatic rings. The van der Waals surface area contributed by atoms with Crippen LogP contribution in [0.4, 0.5) is 5.69 Å². The number of nitrogens with one attached hydrogen (secondary N) is 1. The van der Waals surface area contributed by atoms with Gasteiger partial charge in [-0.05, 0) is 73.5 Å². The second kappa shape index (κ2) is 7.77. The van der Waals surface area contributed by atoms with E-state index in [1.165, 1.54) is 4.80 Å². The number of hydrogen-bond acceptors (Lipinski definition) is 5. The summed E-state index contributed by atoms with van der Waals surface area (Å²) >= 11 is 0. The molecule has 0 saturated heterocycles. The van der Waals surface area contributed by atoms with Crippen LogP contribution in [0.25, 0.3) is 11.4 Å². The Bertz CT molecular complexity index is 882. The minimum atomic E-state index is -0.203. The summed E-state index contributed by atoms with van der Waals surface area (Å²) in [5.74, 6) is 1.05. The van der Waals surface area contributed by atoms with Crippen LogP contribution >= 0.6 is 0 Å². The van der Waals surface area contributed by atoms with E-state index in [-0.39, 0.29) is 12.5 Å². The maximum Gasteiger partial charge on any atom is 0.248 e. The number of aryl methyl sites for hydroxylation is 2. The third-order valence-electron chi connectivity index (χ3n) is 3.67. The van der Waals surface area contributed by atoms with Crippen LogP contribution in [0, 0.1) is 13.8 Å². The lowest BCUT2D eigenvalue weighted by Gasteiger charge is -2.06. The van der Waals surface area contributed by atoms with Gasteiger partial charge in [0, 0.05) is 11.3 Å². The number of aromatic nitrogens is 4. The number of amides is 1. The highest BCUT2D eigenvalue weighted by Gasteiger charge is 2.10. The van der Waals surface area contributed by atoms with Gasteiger partial charge in [-0.3, -0.25) is 4.79 Å². The van der Waals surface area contributed by atoms with Gasteiger partial charge < -0.3 is 10.1 Å². The van der Waals surface area contributed by atoms with E-state index >= 15 is 0 Å². The van der Waals surface area contributed by atoms with Gasteiger partial charge in [0.05, 0.1) is 6.61 Å². The van der Waals surface area contributed by atoms with E-state index in [2.05, 4.69) is 26.8 Å². The average Bonchev–Trinajstić information content (AvgIpc) is 3.03. The van der Waals surface area contributed by atoms with Crippen LogP contribution in [0.2, 0.25) is 0 Å². The number of rotatable bonds is 6. The molecule has 0 unspecified atom stereocenters. The number of hydrogen-bond donors (Lipinski definition) is 1. The number of carbonyl (C=O) groups is 1. The molecule has 3 aromatic rings. The standard InChI is InChI=1S/C19H21N5O2/c1-4-26-17-7-5-15(6-8-17)19-21-23-24(22-19)12-18(25)20-16-10-13(2)9-14(3)11-16/h5-11H,4,12H2,1-3H3,(H,20,25). The Labute approximate surface area is 152 Å². The number of carbonyl (C=O) groups excluding carboxylic acids is 1. The van der Waals surface area contributed by atoms with Crippen molar-refractivity contribution in [2.24, 2.45) is 0 Å². The monoisotopic (exact) mass is 351 g/mol. The topological polar surface area (TPSA) is 81.9 Å². The lowest BCUT2D eigenvalue weighted by atomic mass is 10.1. The molecule has 0 radical (unpaired) electrons. The lowest BCUT2D eigenvalue weighted by molar-refractivity contribution is -0.117. The quantitative estimate of drug-likeness (QED) is 0.738. The van der Waals surface area contributed by atoms with E-state index in [4.69, 9.17) is 4.74 Å². The Hall–Kier alpha value is -3.22. The maximum atomic E-state index is 12.2. The van der Waals surface area contributed by atoms with Crippen LogP contribution in [0.15, 0.2) is 42.5 Å². The summed E-state index contributed by atoms with van der Waals surface area (Å²) in [7, 11) is 0. The molecule has 1 amide bonds.